The Morgan fingerprint density at radius 1 is 0.848 bits per heavy atom. The zero-order chi connectivity index (χ0) is 22.6. The Kier molecular flexibility index (Phi) is 5.83. The highest BCUT2D eigenvalue weighted by Crippen LogP contribution is 2.27. The maximum atomic E-state index is 12.8. The molecule has 33 heavy (non-hydrogen) atoms. The third-order valence-electron chi connectivity index (χ3n) is 5.22. The van der Waals surface area contributed by atoms with E-state index in [2.05, 4.69) is 55.8 Å². The second kappa shape index (κ2) is 9.22. The molecule has 0 saturated heterocycles. The predicted octanol–water partition coefficient (Wildman–Crippen LogP) is 6.22. The van der Waals surface area contributed by atoms with E-state index in [4.69, 9.17) is 0 Å². The van der Waals surface area contributed by atoms with Gasteiger partial charge in [-0.3, -0.25) is 4.79 Å². The SMILES string of the molecule is O=C(N/N=C\c1cccc(Br)c1)c1cc(-c2ccc3ccccc3c2)n(-c2ccccc2)n1. The van der Waals surface area contributed by atoms with Crippen LogP contribution in [0.15, 0.2) is 113 Å². The number of carbonyl (C=O) groups excluding carboxylic acids is 1. The number of hydrogen-bond acceptors (Lipinski definition) is 3. The van der Waals surface area contributed by atoms with Crippen LogP contribution in [0.1, 0.15) is 16.1 Å². The first-order valence-electron chi connectivity index (χ1n) is 10.4. The van der Waals surface area contributed by atoms with Crippen LogP contribution in [0.5, 0.6) is 0 Å². The fraction of sp³-hybridized carbons (Fsp3) is 0. The van der Waals surface area contributed by atoms with Gasteiger partial charge in [-0.2, -0.15) is 10.2 Å². The van der Waals surface area contributed by atoms with Crippen molar-refractivity contribution in [3.8, 4) is 16.9 Å². The Hall–Kier alpha value is -4.03. The summed E-state index contributed by atoms with van der Waals surface area (Å²) in [5.74, 6) is -0.377. The topological polar surface area (TPSA) is 59.3 Å². The maximum Gasteiger partial charge on any atom is 0.291 e. The molecule has 0 fully saturated rings. The number of rotatable bonds is 5. The van der Waals surface area contributed by atoms with Gasteiger partial charge >= 0.3 is 0 Å². The first-order valence-corrected chi connectivity index (χ1v) is 11.2. The molecule has 0 spiro atoms. The quantitative estimate of drug-likeness (QED) is 0.233. The summed E-state index contributed by atoms with van der Waals surface area (Å²) in [6, 6.07) is 33.7. The molecule has 0 aliphatic heterocycles. The number of carbonyl (C=O) groups is 1. The zero-order valence-corrected chi connectivity index (χ0v) is 19.1. The van der Waals surface area contributed by atoms with Crippen molar-refractivity contribution < 1.29 is 4.79 Å². The number of hydrazone groups is 1. The molecule has 5 rings (SSSR count). The van der Waals surface area contributed by atoms with Crippen LogP contribution in [0, 0.1) is 0 Å². The van der Waals surface area contributed by atoms with E-state index < -0.39 is 0 Å². The van der Waals surface area contributed by atoms with E-state index in [0.29, 0.717) is 0 Å². The predicted molar refractivity (Wildman–Crippen MR) is 136 cm³/mol. The minimum absolute atomic E-state index is 0.286. The molecular weight excluding hydrogens is 476 g/mol. The molecule has 5 aromatic rings. The summed E-state index contributed by atoms with van der Waals surface area (Å²) in [6.45, 7) is 0. The van der Waals surface area contributed by atoms with Crippen molar-refractivity contribution in [3.05, 3.63) is 119 Å². The van der Waals surface area contributed by atoms with Crippen molar-refractivity contribution in [1.29, 1.82) is 0 Å². The number of hydrogen-bond donors (Lipinski definition) is 1. The van der Waals surface area contributed by atoms with Crippen LogP contribution in [-0.2, 0) is 0 Å². The van der Waals surface area contributed by atoms with Crippen molar-refractivity contribution in [3.63, 3.8) is 0 Å². The molecule has 0 atom stereocenters. The highest BCUT2D eigenvalue weighted by molar-refractivity contribution is 9.10. The van der Waals surface area contributed by atoms with E-state index >= 15 is 0 Å². The molecule has 0 bridgehead atoms. The normalized spacial score (nSPS) is 11.2. The molecule has 0 saturated carbocycles. The van der Waals surface area contributed by atoms with Crippen molar-refractivity contribution in [2.45, 2.75) is 0 Å². The van der Waals surface area contributed by atoms with E-state index in [1.54, 1.807) is 17.0 Å². The van der Waals surface area contributed by atoms with Gasteiger partial charge in [-0.1, -0.05) is 82.7 Å². The number of benzene rings is 4. The van der Waals surface area contributed by atoms with Gasteiger partial charge in [-0.15, -0.1) is 0 Å². The Morgan fingerprint density at radius 2 is 1.64 bits per heavy atom. The molecule has 1 N–H and O–H groups in total. The summed E-state index contributed by atoms with van der Waals surface area (Å²) in [5, 5.41) is 11.0. The Balaban J connectivity index is 1.49. The van der Waals surface area contributed by atoms with Crippen molar-refractivity contribution in [2.75, 3.05) is 0 Å². The summed E-state index contributed by atoms with van der Waals surface area (Å²) in [4.78, 5) is 12.8. The lowest BCUT2D eigenvalue weighted by Crippen LogP contribution is -2.18. The maximum absolute atomic E-state index is 12.8. The Labute approximate surface area is 199 Å². The van der Waals surface area contributed by atoms with Crippen molar-refractivity contribution in [1.82, 2.24) is 15.2 Å². The van der Waals surface area contributed by atoms with E-state index in [-0.39, 0.29) is 11.6 Å². The number of para-hydroxylation sites is 1. The third kappa shape index (κ3) is 4.61. The van der Waals surface area contributed by atoms with Gasteiger partial charge in [-0.05, 0) is 52.7 Å². The molecule has 0 aliphatic carbocycles. The van der Waals surface area contributed by atoms with Gasteiger partial charge in [0.15, 0.2) is 5.69 Å². The van der Waals surface area contributed by atoms with E-state index in [0.717, 1.165) is 37.8 Å². The van der Waals surface area contributed by atoms with Crippen molar-refractivity contribution in [2.24, 2.45) is 5.10 Å². The number of amides is 1. The molecule has 1 amide bonds. The van der Waals surface area contributed by atoms with Crippen molar-refractivity contribution >= 4 is 38.8 Å². The molecule has 160 valence electrons. The molecule has 6 heteroatoms. The molecule has 5 nitrogen and oxygen atoms in total. The average molecular weight is 495 g/mol. The average Bonchev–Trinajstić information content (AvgIpc) is 3.30. The lowest BCUT2D eigenvalue weighted by Gasteiger charge is -2.08. The smallest absolute Gasteiger partial charge is 0.265 e. The van der Waals surface area contributed by atoms with Gasteiger partial charge in [0.05, 0.1) is 17.6 Å². The minimum Gasteiger partial charge on any atom is -0.265 e. The number of nitrogens with one attached hydrogen (secondary N) is 1. The molecule has 0 radical (unpaired) electrons. The second-order valence-electron chi connectivity index (χ2n) is 7.48. The van der Waals surface area contributed by atoms with Gasteiger partial charge in [-0.25, -0.2) is 10.1 Å². The van der Waals surface area contributed by atoms with Crippen LogP contribution < -0.4 is 5.43 Å². The summed E-state index contributed by atoms with van der Waals surface area (Å²) in [6.07, 6.45) is 1.60. The zero-order valence-electron chi connectivity index (χ0n) is 17.5. The first-order chi connectivity index (χ1) is 16.2. The third-order valence-corrected chi connectivity index (χ3v) is 5.71. The van der Waals surface area contributed by atoms with Crippen LogP contribution in [0.4, 0.5) is 0 Å². The molecule has 0 aliphatic rings. The Morgan fingerprint density at radius 3 is 2.45 bits per heavy atom. The lowest BCUT2D eigenvalue weighted by molar-refractivity contribution is 0.0949. The fourth-order valence-corrected chi connectivity index (χ4v) is 4.04. The summed E-state index contributed by atoms with van der Waals surface area (Å²) >= 11 is 3.43. The van der Waals surface area contributed by atoms with E-state index in [1.165, 1.54) is 0 Å². The monoisotopic (exact) mass is 494 g/mol. The highest BCUT2D eigenvalue weighted by atomic mass is 79.9. The molecular formula is C27H19BrN4O. The highest BCUT2D eigenvalue weighted by Gasteiger charge is 2.17. The van der Waals surface area contributed by atoms with Crippen LogP contribution >= 0.6 is 15.9 Å². The van der Waals surface area contributed by atoms with Gasteiger partial charge in [0.2, 0.25) is 0 Å². The molecule has 0 unspecified atom stereocenters. The number of halogens is 1. The number of aromatic nitrogens is 2. The van der Waals surface area contributed by atoms with Crippen LogP contribution in [-0.4, -0.2) is 21.9 Å². The standard InChI is InChI=1S/C27H19BrN4O/c28-23-10-6-7-19(15-23)18-29-30-27(33)25-17-26(32(31-25)24-11-2-1-3-12-24)22-14-13-20-8-4-5-9-21(20)16-22/h1-18H,(H,30,33)/b29-18-. The Bertz CT molecular complexity index is 1470. The fourth-order valence-electron chi connectivity index (χ4n) is 3.62. The van der Waals surface area contributed by atoms with Gasteiger partial charge in [0.25, 0.3) is 5.91 Å². The largest absolute Gasteiger partial charge is 0.291 e. The summed E-state index contributed by atoms with van der Waals surface area (Å²) in [5.41, 5.74) is 6.41. The second-order valence-corrected chi connectivity index (χ2v) is 8.39. The molecule has 4 aromatic carbocycles. The van der Waals surface area contributed by atoms with Gasteiger partial charge in [0.1, 0.15) is 0 Å². The van der Waals surface area contributed by atoms with E-state index in [1.807, 2.05) is 72.8 Å². The first kappa shape index (κ1) is 20.8. The van der Waals surface area contributed by atoms with E-state index in [9.17, 15) is 4.79 Å². The van der Waals surface area contributed by atoms with Gasteiger partial charge < -0.3 is 0 Å². The molecule has 1 aromatic heterocycles. The van der Waals surface area contributed by atoms with Crippen LogP contribution in [0.2, 0.25) is 0 Å². The van der Waals surface area contributed by atoms with Gasteiger partial charge in [0, 0.05) is 10.0 Å². The minimum atomic E-state index is -0.377. The van der Waals surface area contributed by atoms with Crippen LogP contribution in [0.3, 0.4) is 0 Å². The van der Waals surface area contributed by atoms with Crippen LogP contribution in [0.25, 0.3) is 27.7 Å². The molecule has 1 heterocycles. The summed E-state index contributed by atoms with van der Waals surface area (Å²) < 4.78 is 2.73. The lowest BCUT2D eigenvalue weighted by atomic mass is 10.0. The number of fused-ring (bicyclic) bond motifs is 1. The summed E-state index contributed by atoms with van der Waals surface area (Å²) in [7, 11) is 0. The number of nitrogens with zero attached hydrogens (tertiary/aromatic N) is 3.